The highest BCUT2D eigenvalue weighted by Crippen LogP contribution is 2.45. The summed E-state index contributed by atoms with van der Waals surface area (Å²) < 4.78 is 61.1. The van der Waals surface area contributed by atoms with Crippen molar-refractivity contribution < 1.29 is 22.3 Å². The summed E-state index contributed by atoms with van der Waals surface area (Å²) in [5.41, 5.74) is -0.194. The zero-order chi connectivity index (χ0) is 19.6. The Morgan fingerprint density at radius 3 is 1.89 bits per heavy atom. The molecule has 2 saturated carbocycles. The molecule has 27 heavy (non-hydrogen) atoms. The number of rotatable bonds is 5. The van der Waals surface area contributed by atoms with E-state index in [2.05, 4.69) is 10.2 Å². The van der Waals surface area contributed by atoms with E-state index in [1.165, 1.54) is 32.6 Å². The summed E-state index contributed by atoms with van der Waals surface area (Å²) in [6, 6.07) is 2.71. The van der Waals surface area contributed by atoms with Gasteiger partial charge in [0.05, 0.1) is 5.92 Å². The topological polar surface area (TPSA) is 9.23 Å². The van der Waals surface area contributed by atoms with Crippen LogP contribution < -0.4 is 4.74 Å². The van der Waals surface area contributed by atoms with Crippen LogP contribution in [-0.4, -0.2) is 16.4 Å². The third kappa shape index (κ3) is 4.87. The number of alkyl halides is 2. The smallest absolute Gasteiger partial charge is 0.400 e. The van der Waals surface area contributed by atoms with Crippen molar-refractivity contribution in [2.24, 2.45) is 23.7 Å². The Bertz CT molecular complexity index is 612. The lowest BCUT2D eigenvalue weighted by Crippen LogP contribution is -2.38. The minimum absolute atomic E-state index is 0.194. The summed E-state index contributed by atoms with van der Waals surface area (Å²) in [4.78, 5) is 0. The van der Waals surface area contributed by atoms with Crippen LogP contribution in [0.5, 0.6) is 5.75 Å². The van der Waals surface area contributed by atoms with E-state index in [0.29, 0.717) is 24.7 Å². The first-order chi connectivity index (χ1) is 12.8. The Hall–Kier alpha value is -1.04. The Morgan fingerprint density at radius 2 is 1.41 bits per heavy atom. The van der Waals surface area contributed by atoms with Gasteiger partial charge in [-0.05, 0) is 63.2 Å². The molecular formula is C21H27F4OSi. The highest BCUT2D eigenvalue weighted by molar-refractivity contribution is 6.08. The van der Waals surface area contributed by atoms with Crippen molar-refractivity contribution in [2.45, 2.75) is 70.4 Å². The van der Waals surface area contributed by atoms with Gasteiger partial charge in [-0.25, -0.2) is 8.78 Å². The first-order valence-corrected chi connectivity index (χ1v) is 10.7. The fourth-order valence-corrected chi connectivity index (χ4v) is 5.12. The molecule has 0 amide bonds. The van der Waals surface area contributed by atoms with E-state index in [1.54, 1.807) is 0 Å². The normalized spacial score (nSPS) is 29.6. The van der Waals surface area contributed by atoms with Gasteiger partial charge < -0.3 is 4.74 Å². The van der Waals surface area contributed by atoms with Crippen LogP contribution in [0.2, 0.25) is 6.04 Å². The fraction of sp³-hybridized carbons (Fsp3) is 0.714. The Kier molecular flexibility index (Phi) is 6.54. The maximum absolute atomic E-state index is 14.6. The summed E-state index contributed by atoms with van der Waals surface area (Å²) in [5.74, 6) is -1.18. The molecule has 3 rings (SSSR count). The molecule has 0 saturated heterocycles. The molecular weight excluding hydrogens is 372 g/mol. The fourth-order valence-electron chi connectivity index (χ4n) is 4.71. The number of hydrogen-bond donors (Lipinski definition) is 0. The van der Waals surface area contributed by atoms with Gasteiger partial charge in [0.1, 0.15) is 17.4 Å². The molecule has 0 aliphatic heterocycles. The van der Waals surface area contributed by atoms with Crippen LogP contribution in [-0.2, 0) is 0 Å². The summed E-state index contributed by atoms with van der Waals surface area (Å²) in [5, 5.41) is 0. The lowest BCUT2D eigenvalue weighted by molar-refractivity contribution is -0.224. The van der Waals surface area contributed by atoms with Gasteiger partial charge >= 0.3 is 6.11 Å². The van der Waals surface area contributed by atoms with Crippen LogP contribution in [0.3, 0.4) is 0 Å². The van der Waals surface area contributed by atoms with E-state index in [-0.39, 0.29) is 5.56 Å². The SMILES string of the molecule is Cc1c(F)cc(OC(F)(F)C2CCC(C3CCC(C[Si])CC3)CC2)cc1F. The van der Waals surface area contributed by atoms with Gasteiger partial charge in [0.15, 0.2) is 0 Å². The van der Waals surface area contributed by atoms with Gasteiger partial charge in [-0.15, -0.1) is 0 Å². The molecule has 2 fully saturated rings. The van der Waals surface area contributed by atoms with E-state index in [4.69, 9.17) is 4.74 Å². The predicted molar refractivity (Wildman–Crippen MR) is 98.1 cm³/mol. The van der Waals surface area contributed by atoms with Gasteiger partial charge in [0.25, 0.3) is 0 Å². The second kappa shape index (κ2) is 8.54. The molecule has 1 aromatic rings. The minimum atomic E-state index is -3.41. The molecule has 3 radical (unpaired) electrons. The van der Waals surface area contributed by atoms with Crippen LogP contribution in [0.25, 0.3) is 0 Å². The number of hydrogen-bond acceptors (Lipinski definition) is 1. The maximum atomic E-state index is 14.6. The van der Waals surface area contributed by atoms with Crippen molar-refractivity contribution in [1.29, 1.82) is 0 Å². The highest BCUT2D eigenvalue weighted by Gasteiger charge is 2.45. The molecule has 1 aromatic carbocycles. The molecule has 1 nitrogen and oxygen atoms in total. The lowest BCUT2D eigenvalue weighted by atomic mass is 9.69. The predicted octanol–water partition coefficient (Wildman–Crippen LogP) is 6.44. The van der Waals surface area contributed by atoms with E-state index in [1.807, 2.05) is 0 Å². The monoisotopic (exact) mass is 399 g/mol. The average molecular weight is 400 g/mol. The molecule has 0 atom stereocenters. The van der Waals surface area contributed by atoms with Crippen LogP contribution in [0, 0.1) is 42.2 Å². The van der Waals surface area contributed by atoms with E-state index < -0.39 is 29.4 Å². The molecule has 0 spiro atoms. The summed E-state index contributed by atoms with van der Waals surface area (Å²) in [7, 11) is 3.60. The second-order valence-corrected chi connectivity index (χ2v) is 8.68. The van der Waals surface area contributed by atoms with Crippen molar-refractivity contribution in [2.75, 3.05) is 0 Å². The Labute approximate surface area is 162 Å². The molecule has 6 heteroatoms. The zero-order valence-electron chi connectivity index (χ0n) is 15.7. The highest BCUT2D eigenvalue weighted by atomic mass is 28.1. The Balaban J connectivity index is 1.55. The first kappa shape index (κ1) is 20.7. The molecule has 0 heterocycles. The molecule has 0 unspecified atom stereocenters. The third-order valence-corrected chi connectivity index (χ3v) is 7.18. The van der Waals surface area contributed by atoms with Crippen molar-refractivity contribution >= 4 is 10.2 Å². The standard InChI is InChI=1S/C21H27F4OSi/c1-13-19(22)10-18(11-20(13)23)26-21(24,25)17-8-6-16(7-9-17)15-4-2-14(12-27)3-5-15/h10-11,14-17H,2-9,12H2,1H3. The van der Waals surface area contributed by atoms with Crippen LogP contribution >= 0.6 is 0 Å². The van der Waals surface area contributed by atoms with Crippen molar-refractivity contribution in [1.82, 2.24) is 0 Å². The van der Waals surface area contributed by atoms with Crippen LogP contribution in [0.15, 0.2) is 12.1 Å². The summed E-state index contributed by atoms with van der Waals surface area (Å²) in [6.45, 7) is 1.26. The molecule has 2 aliphatic rings. The second-order valence-electron chi connectivity index (χ2n) is 8.27. The third-order valence-electron chi connectivity index (χ3n) is 6.60. The Morgan fingerprint density at radius 1 is 0.926 bits per heavy atom. The summed E-state index contributed by atoms with van der Waals surface area (Å²) >= 11 is 0. The maximum Gasteiger partial charge on any atom is 0.400 e. The number of benzene rings is 1. The zero-order valence-corrected chi connectivity index (χ0v) is 16.7. The molecule has 0 bridgehead atoms. The quantitative estimate of drug-likeness (QED) is 0.409. The van der Waals surface area contributed by atoms with E-state index in [0.717, 1.165) is 36.9 Å². The van der Waals surface area contributed by atoms with Gasteiger partial charge in [0, 0.05) is 27.9 Å². The van der Waals surface area contributed by atoms with Gasteiger partial charge in [-0.1, -0.05) is 18.9 Å². The molecule has 0 aromatic heterocycles. The van der Waals surface area contributed by atoms with Crippen molar-refractivity contribution in [3.05, 3.63) is 29.3 Å². The van der Waals surface area contributed by atoms with Crippen molar-refractivity contribution in [3.8, 4) is 5.75 Å². The van der Waals surface area contributed by atoms with Gasteiger partial charge in [-0.3, -0.25) is 0 Å². The lowest BCUT2D eigenvalue weighted by Gasteiger charge is -2.39. The molecule has 0 N–H and O–H groups in total. The number of halogens is 4. The van der Waals surface area contributed by atoms with Gasteiger partial charge in [-0.2, -0.15) is 8.78 Å². The van der Waals surface area contributed by atoms with Crippen LogP contribution in [0.4, 0.5) is 17.6 Å². The van der Waals surface area contributed by atoms with E-state index >= 15 is 0 Å². The minimum Gasteiger partial charge on any atom is -0.432 e. The number of ether oxygens (including phenoxy) is 1. The first-order valence-electron chi connectivity index (χ1n) is 9.97. The van der Waals surface area contributed by atoms with Crippen molar-refractivity contribution in [3.63, 3.8) is 0 Å². The summed E-state index contributed by atoms with van der Waals surface area (Å²) in [6.07, 6.45) is 3.77. The average Bonchev–Trinajstić information content (AvgIpc) is 2.66. The molecule has 2 aliphatic carbocycles. The molecule has 149 valence electrons. The van der Waals surface area contributed by atoms with Gasteiger partial charge in [0.2, 0.25) is 0 Å². The van der Waals surface area contributed by atoms with E-state index in [9.17, 15) is 17.6 Å². The van der Waals surface area contributed by atoms with Crippen LogP contribution in [0.1, 0.15) is 56.9 Å². The largest absolute Gasteiger partial charge is 0.432 e.